The minimum absolute atomic E-state index is 0.0878. The average molecular weight is 208 g/mol. The Morgan fingerprint density at radius 1 is 1.53 bits per heavy atom. The van der Waals surface area contributed by atoms with Crippen molar-refractivity contribution in [2.45, 2.75) is 58.8 Å². The summed E-state index contributed by atoms with van der Waals surface area (Å²) in [5.74, 6) is 1.07. The number of hydrogen-bond donors (Lipinski definition) is 0. The molecule has 0 radical (unpaired) electrons. The zero-order valence-corrected chi connectivity index (χ0v) is 10.2. The van der Waals surface area contributed by atoms with Crippen molar-refractivity contribution in [3.05, 3.63) is 12.7 Å². The van der Waals surface area contributed by atoms with Crippen molar-refractivity contribution in [1.29, 1.82) is 0 Å². The molecular formula is C14H24O. The molecule has 1 aliphatic rings. The molecule has 1 saturated carbocycles. The number of rotatable bonds is 6. The second-order valence-electron chi connectivity index (χ2n) is 5.06. The maximum Gasteiger partial charge on any atom is 0.139 e. The topological polar surface area (TPSA) is 17.1 Å². The number of unbranched alkanes of at least 4 members (excludes halogenated alkanes) is 2. The van der Waals surface area contributed by atoms with Crippen molar-refractivity contribution < 1.29 is 4.79 Å². The number of carbonyl (C=O) groups excluding carboxylic acids is 1. The molecule has 1 rings (SSSR count). The highest BCUT2D eigenvalue weighted by Crippen LogP contribution is 2.45. The highest BCUT2D eigenvalue weighted by molar-refractivity contribution is 5.87. The van der Waals surface area contributed by atoms with Crippen molar-refractivity contribution in [3.8, 4) is 0 Å². The Morgan fingerprint density at radius 2 is 2.27 bits per heavy atom. The van der Waals surface area contributed by atoms with Crippen LogP contribution in [0.4, 0.5) is 0 Å². The van der Waals surface area contributed by atoms with Crippen LogP contribution in [0.5, 0.6) is 0 Å². The molecule has 0 aliphatic heterocycles. The summed E-state index contributed by atoms with van der Waals surface area (Å²) in [6.07, 6.45) is 9.74. The van der Waals surface area contributed by atoms with Crippen LogP contribution in [-0.2, 0) is 4.79 Å². The fraction of sp³-hybridized carbons (Fsp3) is 0.786. The van der Waals surface area contributed by atoms with Gasteiger partial charge in [-0.25, -0.2) is 0 Å². The summed E-state index contributed by atoms with van der Waals surface area (Å²) in [4.78, 5) is 11.9. The highest BCUT2D eigenvalue weighted by atomic mass is 16.1. The molecule has 1 fully saturated rings. The summed E-state index contributed by atoms with van der Waals surface area (Å²) in [6.45, 7) is 8.15. The fourth-order valence-electron chi connectivity index (χ4n) is 2.82. The standard InChI is InChI=1S/C14H24O/c1-4-6-7-8-12-9-10-13(15)14(12,3)11-5-2/h5,12H,2,4,6-11H2,1,3H3/t12-,14+/m1/s1. The Balaban J connectivity index is 2.55. The summed E-state index contributed by atoms with van der Waals surface area (Å²) in [5, 5.41) is 0. The first-order valence-electron chi connectivity index (χ1n) is 6.29. The van der Waals surface area contributed by atoms with E-state index in [9.17, 15) is 4.79 Å². The molecule has 0 N–H and O–H groups in total. The lowest BCUT2D eigenvalue weighted by atomic mass is 9.74. The van der Waals surface area contributed by atoms with E-state index in [2.05, 4.69) is 20.4 Å². The zero-order chi connectivity index (χ0) is 11.3. The molecule has 1 heteroatoms. The van der Waals surface area contributed by atoms with Crippen LogP contribution < -0.4 is 0 Å². The first kappa shape index (κ1) is 12.5. The lowest BCUT2D eigenvalue weighted by Crippen LogP contribution is -2.28. The van der Waals surface area contributed by atoms with E-state index < -0.39 is 0 Å². The van der Waals surface area contributed by atoms with Gasteiger partial charge in [0.2, 0.25) is 0 Å². The molecule has 0 aromatic carbocycles. The van der Waals surface area contributed by atoms with Gasteiger partial charge in [0, 0.05) is 11.8 Å². The summed E-state index contributed by atoms with van der Waals surface area (Å²) in [6, 6.07) is 0. The molecule has 86 valence electrons. The second kappa shape index (κ2) is 5.48. The van der Waals surface area contributed by atoms with Crippen molar-refractivity contribution >= 4 is 5.78 Å². The van der Waals surface area contributed by atoms with Crippen LogP contribution in [0.15, 0.2) is 12.7 Å². The number of hydrogen-bond acceptors (Lipinski definition) is 1. The quantitative estimate of drug-likeness (QED) is 0.474. The van der Waals surface area contributed by atoms with E-state index in [-0.39, 0.29) is 5.41 Å². The van der Waals surface area contributed by atoms with E-state index >= 15 is 0 Å². The van der Waals surface area contributed by atoms with Gasteiger partial charge in [-0.2, -0.15) is 0 Å². The molecule has 0 aromatic heterocycles. The predicted octanol–water partition coefficient (Wildman–Crippen LogP) is 4.13. The smallest absolute Gasteiger partial charge is 0.139 e. The molecule has 15 heavy (non-hydrogen) atoms. The van der Waals surface area contributed by atoms with Gasteiger partial charge in [-0.15, -0.1) is 6.58 Å². The second-order valence-corrected chi connectivity index (χ2v) is 5.06. The number of carbonyl (C=O) groups is 1. The van der Waals surface area contributed by atoms with Gasteiger partial charge in [-0.05, 0) is 25.2 Å². The summed E-state index contributed by atoms with van der Waals surface area (Å²) < 4.78 is 0. The third-order valence-corrected chi connectivity index (χ3v) is 3.98. The van der Waals surface area contributed by atoms with Crippen LogP contribution >= 0.6 is 0 Å². The first-order chi connectivity index (χ1) is 7.15. The summed E-state index contributed by atoms with van der Waals surface area (Å²) >= 11 is 0. The van der Waals surface area contributed by atoms with Gasteiger partial charge in [-0.3, -0.25) is 4.79 Å². The molecule has 2 atom stereocenters. The van der Waals surface area contributed by atoms with Crippen LogP contribution in [0.25, 0.3) is 0 Å². The van der Waals surface area contributed by atoms with E-state index in [1.54, 1.807) is 0 Å². The van der Waals surface area contributed by atoms with E-state index in [1.807, 2.05) is 6.08 Å². The molecule has 0 spiro atoms. The maximum atomic E-state index is 11.9. The van der Waals surface area contributed by atoms with Gasteiger partial charge < -0.3 is 0 Å². The molecule has 0 bridgehead atoms. The largest absolute Gasteiger partial charge is 0.299 e. The lowest BCUT2D eigenvalue weighted by Gasteiger charge is -2.29. The van der Waals surface area contributed by atoms with Crippen LogP contribution in [0, 0.1) is 11.3 Å². The third kappa shape index (κ3) is 2.70. The van der Waals surface area contributed by atoms with Crippen LogP contribution in [0.3, 0.4) is 0 Å². The van der Waals surface area contributed by atoms with Gasteiger partial charge in [0.25, 0.3) is 0 Å². The molecule has 0 heterocycles. The fourth-order valence-corrected chi connectivity index (χ4v) is 2.82. The van der Waals surface area contributed by atoms with Gasteiger partial charge in [0.05, 0.1) is 0 Å². The van der Waals surface area contributed by atoms with Crippen LogP contribution in [0.1, 0.15) is 58.8 Å². The molecule has 1 aliphatic carbocycles. The molecular weight excluding hydrogens is 184 g/mol. The number of ketones is 1. The zero-order valence-electron chi connectivity index (χ0n) is 10.2. The van der Waals surface area contributed by atoms with E-state index in [0.717, 1.165) is 19.3 Å². The van der Waals surface area contributed by atoms with E-state index in [0.29, 0.717) is 11.7 Å². The monoisotopic (exact) mass is 208 g/mol. The van der Waals surface area contributed by atoms with E-state index in [1.165, 1.54) is 25.7 Å². The van der Waals surface area contributed by atoms with Crippen molar-refractivity contribution in [2.75, 3.05) is 0 Å². The van der Waals surface area contributed by atoms with Crippen molar-refractivity contribution in [2.24, 2.45) is 11.3 Å². The Labute approximate surface area is 93.9 Å². The average Bonchev–Trinajstić information content (AvgIpc) is 2.47. The van der Waals surface area contributed by atoms with Crippen LogP contribution in [0.2, 0.25) is 0 Å². The van der Waals surface area contributed by atoms with Crippen molar-refractivity contribution in [1.82, 2.24) is 0 Å². The molecule has 0 aromatic rings. The highest BCUT2D eigenvalue weighted by Gasteiger charge is 2.44. The number of Topliss-reactive ketones (excluding diaryl/α,β-unsaturated/α-hetero) is 1. The SMILES string of the molecule is C=CC[C@]1(C)C(=O)CC[C@H]1CCCCC. The molecule has 1 nitrogen and oxygen atoms in total. The van der Waals surface area contributed by atoms with Gasteiger partial charge in [0.1, 0.15) is 5.78 Å². The molecule has 0 unspecified atom stereocenters. The number of allylic oxidation sites excluding steroid dienone is 1. The molecule has 0 amide bonds. The first-order valence-corrected chi connectivity index (χ1v) is 6.29. The van der Waals surface area contributed by atoms with E-state index in [4.69, 9.17) is 0 Å². The van der Waals surface area contributed by atoms with Gasteiger partial charge in [0.15, 0.2) is 0 Å². The van der Waals surface area contributed by atoms with Crippen molar-refractivity contribution in [3.63, 3.8) is 0 Å². The minimum atomic E-state index is -0.0878. The lowest BCUT2D eigenvalue weighted by molar-refractivity contribution is -0.126. The maximum absolute atomic E-state index is 11.9. The van der Waals surface area contributed by atoms with Crippen LogP contribution in [-0.4, -0.2) is 5.78 Å². The normalized spacial score (nSPS) is 30.8. The predicted molar refractivity (Wildman–Crippen MR) is 64.8 cm³/mol. The molecule has 0 saturated heterocycles. The Kier molecular flexibility index (Phi) is 4.56. The summed E-state index contributed by atoms with van der Waals surface area (Å²) in [7, 11) is 0. The van der Waals surface area contributed by atoms with Gasteiger partial charge >= 0.3 is 0 Å². The summed E-state index contributed by atoms with van der Waals surface area (Å²) in [5.41, 5.74) is -0.0878. The van der Waals surface area contributed by atoms with Gasteiger partial charge in [-0.1, -0.05) is 39.2 Å². The third-order valence-electron chi connectivity index (χ3n) is 3.98. The minimum Gasteiger partial charge on any atom is -0.299 e. The Hall–Kier alpha value is -0.590. The Morgan fingerprint density at radius 3 is 2.87 bits per heavy atom. The Bertz CT molecular complexity index is 231.